The highest BCUT2D eigenvalue weighted by Crippen LogP contribution is 2.57. The van der Waals surface area contributed by atoms with Crippen molar-refractivity contribution in [3.63, 3.8) is 0 Å². The number of rotatable bonds is 7. The summed E-state index contributed by atoms with van der Waals surface area (Å²) in [5.74, 6) is -0.763. The summed E-state index contributed by atoms with van der Waals surface area (Å²) in [7, 11) is -4.66. The zero-order chi connectivity index (χ0) is 17.0. The maximum absolute atomic E-state index is 13.7. The van der Waals surface area contributed by atoms with Crippen molar-refractivity contribution < 1.29 is 27.4 Å². The van der Waals surface area contributed by atoms with Crippen LogP contribution in [-0.2, 0) is 14.1 Å². The number of nitrogens with one attached hydrogen (secondary N) is 1. The Morgan fingerprint density at radius 2 is 1.77 bits per heavy atom. The van der Waals surface area contributed by atoms with Crippen LogP contribution < -0.4 is 9.61 Å². The number of ether oxygens (including phenoxy) is 1. The molecular formula is C14H20F2NO4P. The summed E-state index contributed by atoms with van der Waals surface area (Å²) in [5.41, 5.74) is -3.67. The quantitative estimate of drug-likeness (QED) is 0.606. The summed E-state index contributed by atoms with van der Waals surface area (Å²) < 4.78 is 49.9. The van der Waals surface area contributed by atoms with Crippen LogP contribution in [-0.4, -0.2) is 23.8 Å². The van der Waals surface area contributed by atoms with E-state index in [0.717, 1.165) is 0 Å². The van der Waals surface area contributed by atoms with Gasteiger partial charge < -0.3 is 9.26 Å². The van der Waals surface area contributed by atoms with Gasteiger partial charge in [-0.05, 0) is 32.9 Å². The van der Waals surface area contributed by atoms with Crippen LogP contribution in [0.3, 0.4) is 0 Å². The molecule has 0 aliphatic rings. The summed E-state index contributed by atoms with van der Waals surface area (Å²) in [5, 5.41) is 2.10. The smallest absolute Gasteiger partial charge is 0.385 e. The van der Waals surface area contributed by atoms with Gasteiger partial charge in [-0.1, -0.05) is 18.2 Å². The van der Waals surface area contributed by atoms with Crippen LogP contribution in [0.1, 0.15) is 27.7 Å². The van der Waals surface area contributed by atoms with Crippen molar-refractivity contribution in [3.05, 3.63) is 30.3 Å². The van der Waals surface area contributed by atoms with Crippen LogP contribution in [0, 0.1) is 0 Å². The summed E-state index contributed by atoms with van der Waals surface area (Å²) >= 11 is 0. The van der Waals surface area contributed by atoms with E-state index in [1.807, 2.05) is 0 Å². The largest absolute Gasteiger partial charge is 0.462 e. The highest BCUT2D eigenvalue weighted by molar-refractivity contribution is 7.58. The van der Waals surface area contributed by atoms with Gasteiger partial charge in [-0.3, -0.25) is 9.36 Å². The molecule has 2 atom stereocenters. The van der Waals surface area contributed by atoms with Crippen molar-refractivity contribution in [3.8, 4) is 5.75 Å². The fraction of sp³-hybridized carbons (Fsp3) is 0.500. The minimum Gasteiger partial charge on any atom is -0.462 e. The lowest BCUT2D eigenvalue weighted by molar-refractivity contribution is -0.149. The fourth-order valence-corrected chi connectivity index (χ4v) is 2.97. The zero-order valence-corrected chi connectivity index (χ0v) is 13.8. The number of para-hydroxylation sites is 1. The van der Waals surface area contributed by atoms with Crippen molar-refractivity contribution in [1.82, 2.24) is 5.09 Å². The molecule has 124 valence electrons. The highest BCUT2D eigenvalue weighted by atomic mass is 31.2. The first kappa shape index (κ1) is 18.6. The second-order valence-electron chi connectivity index (χ2n) is 5.13. The average Bonchev–Trinajstić information content (AvgIpc) is 2.37. The first-order valence-electron chi connectivity index (χ1n) is 6.76. The molecule has 22 heavy (non-hydrogen) atoms. The van der Waals surface area contributed by atoms with Gasteiger partial charge >= 0.3 is 19.2 Å². The van der Waals surface area contributed by atoms with Gasteiger partial charge in [0.2, 0.25) is 0 Å². The van der Waals surface area contributed by atoms with Crippen molar-refractivity contribution in [2.75, 3.05) is 0 Å². The molecule has 0 fully saturated rings. The molecule has 0 amide bonds. The topological polar surface area (TPSA) is 64.6 Å². The molecule has 0 aromatic heterocycles. The SMILES string of the molecule is CC(C)OC(=O)[C@H](C)NP(=O)(Oc1ccccc1)C(C)(F)F. The molecule has 0 aliphatic carbocycles. The number of alkyl halides is 2. The maximum Gasteiger partial charge on any atom is 0.385 e. The van der Waals surface area contributed by atoms with Gasteiger partial charge in [0.25, 0.3) is 0 Å². The lowest BCUT2D eigenvalue weighted by Gasteiger charge is -2.27. The van der Waals surface area contributed by atoms with Crippen LogP contribution in [0.4, 0.5) is 8.78 Å². The number of hydrogen-bond donors (Lipinski definition) is 1. The lowest BCUT2D eigenvalue weighted by atomic mass is 10.3. The molecule has 0 saturated heterocycles. The van der Waals surface area contributed by atoms with Gasteiger partial charge in [-0.2, -0.15) is 8.78 Å². The third-order valence-corrected chi connectivity index (χ3v) is 4.79. The van der Waals surface area contributed by atoms with E-state index in [2.05, 4.69) is 5.09 Å². The number of hydrogen-bond acceptors (Lipinski definition) is 4. The van der Waals surface area contributed by atoms with Crippen molar-refractivity contribution >= 4 is 13.5 Å². The van der Waals surface area contributed by atoms with E-state index in [4.69, 9.17) is 9.26 Å². The number of carbonyl (C=O) groups is 1. The Labute approximate surface area is 128 Å². The van der Waals surface area contributed by atoms with Crippen LogP contribution in [0.2, 0.25) is 0 Å². The van der Waals surface area contributed by atoms with E-state index in [9.17, 15) is 18.1 Å². The number of carbonyl (C=O) groups excluding carboxylic acids is 1. The molecule has 1 aromatic carbocycles. The van der Waals surface area contributed by atoms with Gasteiger partial charge in [0, 0.05) is 6.92 Å². The molecule has 1 rings (SSSR count). The zero-order valence-electron chi connectivity index (χ0n) is 12.9. The maximum atomic E-state index is 13.7. The van der Waals surface area contributed by atoms with Crippen LogP contribution in [0.5, 0.6) is 5.75 Å². The molecular weight excluding hydrogens is 315 g/mol. The molecule has 0 bridgehead atoms. The number of esters is 1. The normalized spacial score (nSPS) is 16.0. The van der Waals surface area contributed by atoms with E-state index in [0.29, 0.717) is 6.92 Å². The van der Waals surface area contributed by atoms with E-state index < -0.39 is 31.3 Å². The summed E-state index contributed by atoms with van der Waals surface area (Å²) in [4.78, 5) is 11.7. The predicted molar refractivity (Wildman–Crippen MR) is 79.1 cm³/mol. The minimum atomic E-state index is -4.66. The van der Waals surface area contributed by atoms with Gasteiger partial charge in [0.05, 0.1) is 6.10 Å². The van der Waals surface area contributed by atoms with Crippen molar-refractivity contribution in [2.45, 2.75) is 45.5 Å². The second-order valence-corrected chi connectivity index (χ2v) is 7.46. The predicted octanol–water partition coefficient (Wildman–Crippen LogP) is 3.80. The summed E-state index contributed by atoms with van der Waals surface area (Å²) in [6.45, 7) is 5.01. The molecule has 1 N–H and O–H groups in total. The molecule has 0 heterocycles. The Morgan fingerprint density at radius 3 is 2.23 bits per heavy atom. The van der Waals surface area contributed by atoms with Gasteiger partial charge in [0.15, 0.2) is 0 Å². The highest BCUT2D eigenvalue weighted by Gasteiger charge is 2.50. The van der Waals surface area contributed by atoms with Crippen LogP contribution in [0.25, 0.3) is 0 Å². The Balaban J connectivity index is 2.94. The van der Waals surface area contributed by atoms with E-state index in [1.54, 1.807) is 32.0 Å². The number of halogens is 2. The van der Waals surface area contributed by atoms with Gasteiger partial charge in [0.1, 0.15) is 11.8 Å². The second kappa shape index (κ2) is 7.20. The number of benzene rings is 1. The summed E-state index contributed by atoms with van der Waals surface area (Å²) in [6, 6.07) is 6.38. The van der Waals surface area contributed by atoms with Crippen molar-refractivity contribution in [1.29, 1.82) is 0 Å². The average molecular weight is 335 g/mol. The molecule has 0 radical (unpaired) electrons. The minimum absolute atomic E-state index is 0.0179. The molecule has 8 heteroatoms. The molecule has 0 spiro atoms. The molecule has 0 aliphatic heterocycles. The van der Waals surface area contributed by atoms with E-state index in [1.165, 1.54) is 19.1 Å². The lowest BCUT2D eigenvalue weighted by Crippen LogP contribution is -2.39. The van der Waals surface area contributed by atoms with Gasteiger partial charge in [-0.25, -0.2) is 5.09 Å². The first-order valence-corrected chi connectivity index (χ1v) is 8.38. The van der Waals surface area contributed by atoms with E-state index >= 15 is 0 Å². The third kappa shape index (κ3) is 5.07. The van der Waals surface area contributed by atoms with Crippen LogP contribution in [0.15, 0.2) is 30.3 Å². The van der Waals surface area contributed by atoms with Crippen LogP contribution >= 0.6 is 7.52 Å². The Hall–Kier alpha value is -1.46. The molecule has 0 saturated carbocycles. The molecule has 1 aromatic rings. The summed E-state index contributed by atoms with van der Waals surface area (Å²) in [6.07, 6.45) is -0.409. The molecule has 5 nitrogen and oxygen atoms in total. The van der Waals surface area contributed by atoms with Gasteiger partial charge in [-0.15, -0.1) is 0 Å². The molecule has 1 unspecified atom stereocenters. The Kier molecular flexibility index (Phi) is 6.08. The van der Waals surface area contributed by atoms with Crippen molar-refractivity contribution in [2.24, 2.45) is 0 Å². The van der Waals surface area contributed by atoms with E-state index in [-0.39, 0.29) is 5.75 Å². The Bertz CT molecular complexity index is 546. The fourth-order valence-electron chi connectivity index (χ4n) is 1.49. The first-order chi connectivity index (χ1) is 10.0. The third-order valence-electron chi connectivity index (χ3n) is 2.56. The standard InChI is InChI=1S/C14H20F2NO4P/c1-10(2)20-13(18)11(3)17-22(19,14(4,15)16)21-12-8-6-5-7-9-12/h5-11H,1-4H3,(H,17,19)/t11-,22?/m0/s1. The monoisotopic (exact) mass is 335 g/mol. The Morgan fingerprint density at radius 1 is 1.23 bits per heavy atom.